The number of ketones is 1. The molecule has 5 aromatic rings. The van der Waals surface area contributed by atoms with Crippen LogP contribution >= 0.6 is 34.3 Å². The summed E-state index contributed by atoms with van der Waals surface area (Å²) in [5.74, 6) is -0.761. The van der Waals surface area contributed by atoms with Gasteiger partial charge in [0.1, 0.15) is 6.61 Å². The topological polar surface area (TPSA) is 89.0 Å². The lowest BCUT2D eigenvalue weighted by molar-refractivity contribution is -0.117. The van der Waals surface area contributed by atoms with Crippen LogP contribution in [0.5, 0.6) is 11.5 Å². The Labute approximate surface area is 248 Å². The highest BCUT2D eigenvalue weighted by Crippen LogP contribution is 2.46. The summed E-state index contributed by atoms with van der Waals surface area (Å²) in [4.78, 5) is 33.7. The van der Waals surface area contributed by atoms with E-state index < -0.39 is 23.5 Å². The van der Waals surface area contributed by atoms with E-state index >= 15 is 0 Å². The molecule has 1 N–H and O–H groups in total. The zero-order chi connectivity index (χ0) is 28.5. The maximum Gasteiger partial charge on any atom is 0.296 e. The van der Waals surface area contributed by atoms with Crippen molar-refractivity contribution < 1.29 is 24.2 Å². The van der Waals surface area contributed by atoms with Gasteiger partial charge in [0, 0.05) is 5.02 Å². The third-order valence-corrected chi connectivity index (χ3v) is 8.68. The minimum atomic E-state index is -0.949. The minimum Gasteiger partial charge on any atom is -0.503 e. The number of nitrogens with zero attached hydrogens (tertiary/aromatic N) is 2. The van der Waals surface area contributed by atoms with E-state index in [1.54, 1.807) is 53.9 Å². The van der Waals surface area contributed by atoms with E-state index in [1.165, 1.54) is 27.6 Å². The average Bonchev–Trinajstić information content (AvgIpc) is 3.71. The Kier molecular flexibility index (Phi) is 7.49. The normalized spacial score (nSPS) is 15.1. The summed E-state index contributed by atoms with van der Waals surface area (Å²) in [7, 11) is 0. The lowest BCUT2D eigenvalue weighted by Crippen LogP contribution is -2.31. The fourth-order valence-corrected chi connectivity index (χ4v) is 6.64. The summed E-state index contributed by atoms with van der Waals surface area (Å²) >= 11 is 8.69. The van der Waals surface area contributed by atoms with Crippen molar-refractivity contribution in [2.75, 3.05) is 11.5 Å². The fourth-order valence-electron chi connectivity index (χ4n) is 4.70. The van der Waals surface area contributed by atoms with Crippen molar-refractivity contribution in [1.29, 1.82) is 0 Å². The van der Waals surface area contributed by atoms with Gasteiger partial charge in [0.25, 0.3) is 5.91 Å². The Bertz CT molecular complexity index is 1780. The smallest absolute Gasteiger partial charge is 0.296 e. The summed E-state index contributed by atoms with van der Waals surface area (Å²) in [6.07, 6.45) is 0. The first-order valence-electron chi connectivity index (χ1n) is 12.8. The number of ether oxygens (including phenoxy) is 2. The largest absolute Gasteiger partial charge is 0.503 e. The van der Waals surface area contributed by atoms with Gasteiger partial charge >= 0.3 is 0 Å². The number of carbonyl (C=O) groups excluding carboxylic acids is 2. The first-order chi connectivity index (χ1) is 19.9. The molecule has 1 atom stereocenters. The number of amides is 1. The van der Waals surface area contributed by atoms with E-state index in [2.05, 4.69) is 4.98 Å². The molecule has 3 aromatic carbocycles. The average molecular weight is 603 g/mol. The van der Waals surface area contributed by atoms with Gasteiger partial charge in [-0.1, -0.05) is 65.4 Å². The number of aliphatic hydroxyl groups is 1. The van der Waals surface area contributed by atoms with Crippen molar-refractivity contribution in [2.45, 2.75) is 19.6 Å². The van der Waals surface area contributed by atoms with Crippen molar-refractivity contribution in [2.24, 2.45) is 0 Å². The quantitative estimate of drug-likeness (QED) is 0.173. The highest BCUT2D eigenvalue weighted by Gasteiger charge is 2.46. The summed E-state index contributed by atoms with van der Waals surface area (Å²) in [6.45, 7) is 2.58. The van der Waals surface area contributed by atoms with Crippen LogP contribution in [0.2, 0.25) is 5.02 Å². The summed E-state index contributed by atoms with van der Waals surface area (Å²) in [6, 6.07) is 22.8. The van der Waals surface area contributed by atoms with E-state index in [4.69, 9.17) is 21.1 Å². The predicted octanol–water partition coefficient (Wildman–Crippen LogP) is 7.77. The highest BCUT2D eigenvalue weighted by atomic mass is 35.5. The number of carbonyl (C=O) groups is 2. The second-order valence-corrected chi connectivity index (χ2v) is 11.6. The Balaban J connectivity index is 1.45. The molecule has 0 saturated heterocycles. The fraction of sp³-hybridized carbons (Fsp3) is 0.129. The second kappa shape index (κ2) is 11.4. The van der Waals surface area contributed by atoms with Crippen LogP contribution in [0.1, 0.15) is 33.8 Å². The number of aromatic nitrogens is 1. The number of hydrogen-bond donors (Lipinski definition) is 1. The number of thiazole rings is 1. The summed E-state index contributed by atoms with van der Waals surface area (Å²) < 4.78 is 12.8. The van der Waals surface area contributed by atoms with Gasteiger partial charge < -0.3 is 14.6 Å². The van der Waals surface area contributed by atoms with Crippen molar-refractivity contribution in [3.05, 3.63) is 117 Å². The molecule has 1 unspecified atom stereocenters. The van der Waals surface area contributed by atoms with Gasteiger partial charge in [-0.2, -0.15) is 0 Å². The van der Waals surface area contributed by atoms with Crippen LogP contribution in [0.3, 0.4) is 0 Å². The third kappa shape index (κ3) is 5.19. The monoisotopic (exact) mass is 602 g/mol. The molecule has 1 amide bonds. The molecule has 0 spiro atoms. The predicted molar refractivity (Wildman–Crippen MR) is 162 cm³/mol. The van der Waals surface area contributed by atoms with E-state index in [-0.39, 0.29) is 5.57 Å². The van der Waals surface area contributed by atoms with Crippen molar-refractivity contribution in [3.8, 4) is 11.5 Å². The number of thiophene rings is 1. The maximum absolute atomic E-state index is 13.7. The molecule has 2 aromatic heterocycles. The van der Waals surface area contributed by atoms with Crippen molar-refractivity contribution >= 4 is 61.3 Å². The van der Waals surface area contributed by atoms with Gasteiger partial charge in [-0.3, -0.25) is 14.5 Å². The molecule has 41 heavy (non-hydrogen) atoms. The Morgan fingerprint density at radius 2 is 1.85 bits per heavy atom. The standard InChI is InChI=1S/C31H23ClN2O5S2/c1-2-38-23-15-19(10-13-22(23)39-17-18-7-4-3-5-8-18)27-26(28(35)24-9-6-14-40-24)29(36)30(37)34(27)31-33-21-12-11-20(32)16-25(21)41-31/h3-16,27,36H,2,17H2,1H3. The van der Waals surface area contributed by atoms with Crippen LogP contribution in [0.4, 0.5) is 5.13 Å². The number of Topliss-reactive ketones (excluding diaryl/α,β-unsaturated/α-hetero) is 1. The maximum atomic E-state index is 13.7. The van der Waals surface area contributed by atoms with Crippen LogP contribution in [0.25, 0.3) is 10.2 Å². The molecule has 206 valence electrons. The van der Waals surface area contributed by atoms with Crippen LogP contribution in [0.15, 0.2) is 95.6 Å². The molecular formula is C31H23ClN2O5S2. The third-order valence-electron chi connectivity index (χ3n) is 6.56. The number of halogens is 1. The van der Waals surface area contributed by atoms with Gasteiger partial charge in [0.15, 0.2) is 22.4 Å². The van der Waals surface area contributed by atoms with Gasteiger partial charge in [0.2, 0.25) is 5.78 Å². The van der Waals surface area contributed by atoms with Crippen molar-refractivity contribution in [3.63, 3.8) is 0 Å². The lowest BCUT2D eigenvalue weighted by atomic mass is 9.95. The van der Waals surface area contributed by atoms with Gasteiger partial charge in [0.05, 0.1) is 33.3 Å². The molecule has 1 aliphatic rings. The molecule has 3 heterocycles. The number of anilines is 1. The van der Waals surface area contributed by atoms with Crippen LogP contribution in [-0.4, -0.2) is 28.4 Å². The molecule has 0 aliphatic carbocycles. The minimum absolute atomic E-state index is 0.0184. The zero-order valence-electron chi connectivity index (χ0n) is 21.7. The number of aliphatic hydroxyl groups excluding tert-OH is 1. The molecule has 1 aliphatic heterocycles. The van der Waals surface area contributed by atoms with E-state index in [9.17, 15) is 14.7 Å². The second-order valence-electron chi connectivity index (χ2n) is 9.17. The Hall–Kier alpha value is -4.18. The van der Waals surface area contributed by atoms with E-state index in [0.29, 0.717) is 50.8 Å². The number of benzene rings is 3. The molecule has 6 rings (SSSR count). The SMILES string of the molecule is CCOc1cc(C2C(C(=O)c3cccs3)=C(O)C(=O)N2c2nc3ccc(Cl)cc3s2)ccc1OCc1ccccc1. The summed E-state index contributed by atoms with van der Waals surface area (Å²) in [5.41, 5.74) is 2.20. The van der Waals surface area contributed by atoms with Crippen molar-refractivity contribution in [1.82, 2.24) is 4.98 Å². The Morgan fingerprint density at radius 1 is 1.02 bits per heavy atom. The molecule has 0 saturated carbocycles. The molecule has 0 fully saturated rings. The highest BCUT2D eigenvalue weighted by molar-refractivity contribution is 7.22. The van der Waals surface area contributed by atoms with Crippen LogP contribution in [0, 0.1) is 0 Å². The van der Waals surface area contributed by atoms with Gasteiger partial charge in [-0.05, 0) is 59.8 Å². The molecular weight excluding hydrogens is 580 g/mol. The number of fused-ring (bicyclic) bond motifs is 1. The molecule has 10 heteroatoms. The van der Waals surface area contributed by atoms with Crippen LogP contribution < -0.4 is 14.4 Å². The first-order valence-corrected chi connectivity index (χ1v) is 14.9. The molecule has 0 bridgehead atoms. The zero-order valence-corrected chi connectivity index (χ0v) is 24.1. The van der Waals surface area contributed by atoms with E-state index in [0.717, 1.165) is 10.3 Å². The molecule has 0 radical (unpaired) electrons. The Morgan fingerprint density at radius 3 is 2.61 bits per heavy atom. The molecule has 7 nitrogen and oxygen atoms in total. The first kappa shape index (κ1) is 27.0. The van der Waals surface area contributed by atoms with Crippen LogP contribution in [-0.2, 0) is 11.4 Å². The van der Waals surface area contributed by atoms with Gasteiger partial charge in [-0.15, -0.1) is 11.3 Å². The van der Waals surface area contributed by atoms with E-state index in [1.807, 2.05) is 37.3 Å². The lowest BCUT2D eigenvalue weighted by Gasteiger charge is -2.25. The van der Waals surface area contributed by atoms with Gasteiger partial charge in [-0.25, -0.2) is 4.98 Å². The summed E-state index contributed by atoms with van der Waals surface area (Å²) in [5, 5.41) is 13.8. The number of hydrogen-bond acceptors (Lipinski definition) is 8. The number of rotatable bonds is 9.